The average Bonchev–Trinajstić information content (AvgIpc) is 0.811. The molecule has 0 aromatic rings. The van der Waals surface area contributed by atoms with E-state index < -0.39 is 9.17 Å². The third-order valence-electron chi connectivity index (χ3n) is 0. The summed E-state index contributed by atoms with van der Waals surface area (Å²) in [4.78, 5) is 14.3. The number of rotatable bonds is 0. The molecule has 0 fully saturated rings. The second-order valence-electron chi connectivity index (χ2n) is 0.283. The zero-order chi connectivity index (χ0) is 3.58. The standard InChI is InChI=1S/Ca.H2O3Si/c;1-4(2)3/h;1-2H/q+2;/p+1. The van der Waals surface area contributed by atoms with E-state index in [-0.39, 0.29) is 39.2 Å². The van der Waals surface area contributed by atoms with Gasteiger partial charge >= 0.3 is 48.3 Å². The van der Waals surface area contributed by atoms with E-state index in [4.69, 9.17) is 14.1 Å². The van der Waals surface area contributed by atoms with Crippen LogP contribution in [-0.4, -0.2) is 56.5 Å². The van der Waals surface area contributed by atoms with Crippen molar-refractivity contribution in [1.29, 1.82) is 0 Å². The topological polar surface area (TPSA) is 57.5 Å². The van der Waals surface area contributed by atoms with Gasteiger partial charge in [-0.3, -0.25) is 4.46 Å². The molecule has 0 amide bonds. The van der Waals surface area contributed by atoms with Crippen LogP contribution in [-0.2, 0) is 4.46 Å². The summed E-state index contributed by atoms with van der Waals surface area (Å²) in [6, 6.07) is 0. The molecule has 0 radical (unpaired) electrons. The van der Waals surface area contributed by atoms with Crippen LogP contribution in [0.25, 0.3) is 0 Å². The van der Waals surface area contributed by atoms with Crippen LogP contribution in [0.4, 0.5) is 0 Å². The van der Waals surface area contributed by atoms with Crippen LogP contribution in [0, 0.1) is 0 Å². The van der Waals surface area contributed by atoms with E-state index in [1.165, 1.54) is 0 Å². The Kier molecular flexibility index (Phi) is 9.07. The van der Waals surface area contributed by atoms with Gasteiger partial charge in [0.15, 0.2) is 0 Å². The van der Waals surface area contributed by atoms with Gasteiger partial charge in [-0.05, 0) is 0 Å². The molecule has 0 spiro atoms. The Morgan fingerprint density at radius 1 is 1.60 bits per heavy atom. The molecule has 3 nitrogen and oxygen atoms in total. The predicted molar refractivity (Wildman–Crippen MR) is 17.7 cm³/mol. The molecule has 0 aliphatic carbocycles. The van der Waals surface area contributed by atoms with Crippen molar-refractivity contribution in [2.75, 3.05) is 0 Å². The van der Waals surface area contributed by atoms with Gasteiger partial charge in [-0.25, -0.2) is 0 Å². The fourth-order valence-corrected chi connectivity index (χ4v) is 0. The zero-order valence-electron chi connectivity index (χ0n) is 3.51. The van der Waals surface area contributed by atoms with Gasteiger partial charge in [0.1, 0.15) is 0 Å². The summed E-state index contributed by atoms with van der Waals surface area (Å²) < 4.78 is 8.74. The molecule has 0 unspecified atom stereocenters. The fourth-order valence-electron chi connectivity index (χ4n) is 0. The monoisotopic (exact) mass is 119 g/mol. The molecule has 24 valence electrons. The molecule has 5 heavy (non-hydrogen) atoms. The van der Waals surface area contributed by atoms with Gasteiger partial charge in [0.05, 0.1) is 0 Å². The van der Waals surface area contributed by atoms with Crippen LogP contribution < -0.4 is 0 Å². The second kappa shape index (κ2) is 4.88. The maximum Gasteiger partial charge on any atom is 2.00 e. The molecular weight excluding hydrogens is 116 g/mol. The summed E-state index contributed by atoms with van der Waals surface area (Å²) in [6.07, 6.45) is 0. The van der Waals surface area contributed by atoms with Crippen molar-refractivity contribution in [1.82, 2.24) is 0 Å². The molecule has 0 heterocycles. The third-order valence-corrected chi connectivity index (χ3v) is 0. The molecule has 0 saturated carbocycles. The molecule has 0 bridgehead atoms. The van der Waals surface area contributed by atoms with Gasteiger partial charge < -0.3 is 9.59 Å². The van der Waals surface area contributed by atoms with Gasteiger partial charge in [-0.2, -0.15) is 0 Å². The van der Waals surface area contributed by atoms with Crippen LogP contribution in [0.2, 0.25) is 0 Å². The Morgan fingerprint density at radius 2 is 1.60 bits per heavy atom. The Balaban J connectivity index is -0.0000000450. The summed E-state index contributed by atoms with van der Waals surface area (Å²) in [5, 5.41) is 0. The molecule has 0 aliphatic rings. The van der Waals surface area contributed by atoms with Crippen molar-refractivity contribution in [3.05, 3.63) is 0 Å². The van der Waals surface area contributed by atoms with Crippen LogP contribution in [0.1, 0.15) is 1.43 Å². The first-order chi connectivity index (χ1) is 1.73. The van der Waals surface area contributed by atoms with Gasteiger partial charge in [0.2, 0.25) is 0 Å². The van der Waals surface area contributed by atoms with Gasteiger partial charge in [0.25, 0.3) is 0 Å². The smallest absolute Gasteiger partial charge is 0.511 e. The van der Waals surface area contributed by atoms with Gasteiger partial charge in [-0.15, -0.1) is 0 Å². The molecule has 0 aromatic heterocycles. The summed E-state index contributed by atoms with van der Waals surface area (Å²) in [6.45, 7) is 0. The Hall–Kier alpha value is 0.877. The van der Waals surface area contributed by atoms with Crippen LogP contribution >= 0.6 is 0 Å². The molecule has 5 heteroatoms. The normalized spacial score (nSPS) is 4.80. The van der Waals surface area contributed by atoms with E-state index in [1.807, 2.05) is 0 Å². The van der Waals surface area contributed by atoms with Crippen LogP contribution in [0.5, 0.6) is 0 Å². The SMILES string of the molecule is O=[Si](O)O.[Ca+2].[H+]. The average molecular weight is 119 g/mol. The van der Waals surface area contributed by atoms with E-state index >= 15 is 0 Å². The predicted octanol–water partition coefficient (Wildman–Crippen LogP) is -1.88. The van der Waals surface area contributed by atoms with Crippen molar-refractivity contribution in [3.63, 3.8) is 0 Å². The molecular formula is H3CaO3Si+3. The minimum absolute atomic E-state index is 0. The summed E-state index contributed by atoms with van der Waals surface area (Å²) in [7, 11) is -3.13. The molecule has 0 rings (SSSR count). The van der Waals surface area contributed by atoms with E-state index in [0.717, 1.165) is 0 Å². The minimum atomic E-state index is -3.13. The van der Waals surface area contributed by atoms with E-state index in [1.54, 1.807) is 0 Å². The van der Waals surface area contributed by atoms with E-state index in [2.05, 4.69) is 0 Å². The molecule has 0 aliphatic heterocycles. The Morgan fingerprint density at radius 3 is 1.60 bits per heavy atom. The van der Waals surface area contributed by atoms with E-state index in [9.17, 15) is 0 Å². The summed E-state index contributed by atoms with van der Waals surface area (Å²) in [5.74, 6) is 0. The van der Waals surface area contributed by atoms with E-state index in [0.29, 0.717) is 0 Å². The first-order valence-electron chi connectivity index (χ1n) is 0.651. The third kappa shape index (κ3) is 52.5. The fraction of sp³-hybridized carbons (Fsp3) is 0. The molecule has 0 saturated heterocycles. The molecule has 0 aromatic carbocycles. The van der Waals surface area contributed by atoms with Crippen LogP contribution in [0.3, 0.4) is 0 Å². The Bertz CT molecular complexity index is 33.8. The van der Waals surface area contributed by atoms with Crippen LogP contribution in [0.15, 0.2) is 0 Å². The maximum atomic E-state index is 8.74. The number of hydrogen-bond donors (Lipinski definition) is 2. The number of hydrogen-bond acceptors (Lipinski definition) is 1. The van der Waals surface area contributed by atoms with Gasteiger partial charge in [0, 0.05) is 0 Å². The minimum Gasteiger partial charge on any atom is -0.511 e. The van der Waals surface area contributed by atoms with Gasteiger partial charge in [-0.1, -0.05) is 0 Å². The quantitative estimate of drug-likeness (QED) is 0.367. The van der Waals surface area contributed by atoms with Crippen molar-refractivity contribution in [2.24, 2.45) is 0 Å². The first-order valence-corrected chi connectivity index (χ1v) is 1.95. The van der Waals surface area contributed by atoms with Crippen molar-refractivity contribution >= 4 is 46.9 Å². The first kappa shape index (κ1) is 9.30. The van der Waals surface area contributed by atoms with Crippen molar-refractivity contribution in [3.8, 4) is 0 Å². The summed E-state index contributed by atoms with van der Waals surface area (Å²) in [5.41, 5.74) is 0. The van der Waals surface area contributed by atoms with Crippen molar-refractivity contribution < 1.29 is 15.5 Å². The molecule has 2 N–H and O–H groups in total. The maximum absolute atomic E-state index is 8.74. The zero-order valence-corrected chi connectivity index (χ0v) is 5.72. The largest absolute Gasteiger partial charge is 2.00 e. The summed E-state index contributed by atoms with van der Waals surface area (Å²) >= 11 is 0. The second-order valence-corrected chi connectivity index (χ2v) is 0.848. The van der Waals surface area contributed by atoms with Crippen molar-refractivity contribution in [2.45, 2.75) is 0 Å². The molecule has 0 atom stereocenters. The Labute approximate surface area is 62.0 Å².